The van der Waals surface area contributed by atoms with Gasteiger partial charge in [0, 0.05) is 13.1 Å². The lowest BCUT2D eigenvalue weighted by molar-refractivity contribution is -0.146. The van der Waals surface area contributed by atoms with Gasteiger partial charge < -0.3 is 19.1 Å². The fourth-order valence-corrected chi connectivity index (χ4v) is 2.40. The molecule has 6 nitrogen and oxygen atoms in total. The first kappa shape index (κ1) is 21.7. The highest BCUT2D eigenvalue weighted by atomic mass is 19.1. The maximum Gasteiger partial charge on any atom is 0.310 e. The maximum atomic E-state index is 14.5. The third kappa shape index (κ3) is 6.54. The summed E-state index contributed by atoms with van der Waals surface area (Å²) in [6.45, 7) is 10.1. The van der Waals surface area contributed by atoms with E-state index in [4.69, 9.17) is 14.2 Å². The van der Waals surface area contributed by atoms with Crippen LogP contribution in [0.3, 0.4) is 0 Å². The number of halogens is 1. The van der Waals surface area contributed by atoms with Crippen LogP contribution in [0.15, 0.2) is 12.1 Å². The van der Waals surface area contributed by atoms with Crippen LogP contribution >= 0.6 is 0 Å². The van der Waals surface area contributed by atoms with Crippen molar-refractivity contribution in [2.75, 3.05) is 26.3 Å². The molecule has 0 aliphatic carbocycles. The summed E-state index contributed by atoms with van der Waals surface area (Å²) in [6.07, 6.45) is -0.319. The largest absolute Gasteiger partial charge is 0.490 e. The van der Waals surface area contributed by atoms with Gasteiger partial charge in [0.2, 0.25) is 0 Å². The Kier molecular flexibility index (Phi) is 8.88. The van der Waals surface area contributed by atoms with E-state index in [-0.39, 0.29) is 36.5 Å². The number of carbonyl (C=O) groups is 2. The van der Waals surface area contributed by atoms with Crippen molar-refractivity contribution in [2.24, 2.45) is 0 Å². The van der Waals surface area contributed by atoms with E-state index < -0.39 is 11.8 Å². The first-order chi connectivity index (χ1) is 12.3. The van der Waals surface area contributed by atoms with Crippen LogP contribution in [-0.2, 0) is 20.7 Å². The van der Waals surface area contributed by atoms with Crippen LogP contribution in [0, 0.1) is 5.82 Å². The minimum absolute atomic E-state index is 0.0756. The SMILES string of the molecule is CCOc1cc(CC(=O)OC(C)C)cc(F)c1OCC(=O)N(CC)CC. The molecule has 0 N–H and O–H groups in total. The molecule has 0 heterocycles. The van der Waals surface area contributed by atoms with Gasteiger partial charge in [-0.15, -0.1) is 0 Å². The topological polar surface area (TPSA) is 65.1 Å². The average Bonchev–Trinajstić information content (AvgIpc) is 2.54. The Morgan fingerprint density at radius 2 is 1.77 bits per heavy atom. The number of benzene rings is 1. The van der Waals surface area contributed by atoms with E-state index in [0.717, 1.165) is 0 Å². The minimum atomic E-state index is -0.685. The number of likely N-dealkylation sites (N-methyl/N-ethyl adjacent to an activating group) is 1. The third-order valence-electron chi connectivity index (χ3n) is 3.54. The number of ether oxygens (including phenoxy) is 3. The van der Waals surface area contributed by atoms with Gasteiger partial charge in [0.1, 0.15) is 0 Å². The standard InChI is InChI=1S/C19H28FNO5/c1-6-21(7-2)17(22)12-25-19-15(20)9-14(10-16(19)24-8-3)11-18(23)26-13(4)5/h9-10,13H,6-8,11-12H2,1-5H3. The highest BCUT2D eigenvalue weighted by Crippen LogP contribution is 2.32. The second-order valence-electron chi connectivity index (χ2n) is 5.91. The highest BCUT2D eigenvalue weighted by Gasteiger charge is 2.19. The molecule has 0 spiro atoms. The number of esters is 1. The zero-order chi connectivity index (χ0) is 19.7. The van der Waals surface area contributed by atoms with Crippen molar-refractivity contribution in [1.82, 2.24) is 4.90 Å². The first-order valence-corrected chi connectivity index (χ1v) is 8.87. The lowest BCUT2D eigenvalue weighted by Gasteiger charge is -2.20. The van der Waals surface area contributed by atoms with E-state index in [1.807, 2.05) is 13.8 Å². The predicted molar refractivity (Wildman–Crippen MR) is 95.9 cm³/mol. The summed E-state index contributed by atoms with van der Waals surface area (Å²) >= 11 is 0. The Bertz CT molecular complexity index is 614. The predicted octanol–water partition coefficient (Wildman–Crippen LogP) is 2.97. The monoisotopic (exact) mass is 369 g/mol. The van der Waals surface area contributed by atoms with Crippen LogP contribution < -0.4 is 9.47 Å². The van der Waals surface area contributed by atoms with Crippen LogP contribution in [0.4, 0.5) is 4.39 Å². The fourth-order valence-electron chi connectivity index (χ4n) is 2.40. The minimum Gasteiger partial charge on any atom is -0.490 e. The van der Waals surface area contributed by atoms with Crippen molar-refractivity contribution in [3.63, 3.8) is 0 Å². The molecule has 0 atom stereocenters. The van der Waals surface area contributed by atoms with E-state index in [9.17, 15) is 14.0 Å². The van der Waals surface area contributed by atoms with Gasteiger partial charge in [-0.1, -0.05) is 0 Å². The summed E-state index contributed by atoms with van der Waals surface area (Å²) in [6, 6.07) is 2.73. The molecule has 0 saturated carbocycles. The molecule has 1 amide bonds. The van der Waals surface area contributed by atoms with Gasteiger partial charge in [0.25, 0.3) is 5.91 Å². The Morgan fingerprint density at radius 1 is 1.12 bits per heavy atom. The first-order valence-electron chi connectivity index (χ1n) is 8.87. The number of nitrogens with zero attached hydrogens (tertiary/aromatic N) is 1. The fraction of sp³-hybridized carbons (Fsp3) is 0.579. The molecule has 0 aliphatic rings. The summed E-state index contributed by atoms with van der Waals surface area (Å²) in [7, 11) is 0. The van der Waals surface area contributed by atoms with Crippen LogP contribution in [0.25, 0.3) is 0 Å². The van der Waals surface area contributed by atoms with Crippen molar-refractivity contribution >= 4 is 11.9 Å². The molecule has 7 heteroatoms. The van der Waals surface area contributed by atoms with Gasteiger partial charge in [-0.3, -0.25) is 9.59 Å². The molecule has 1 aromatic rings. The Balaban J connectivity index is 2.94. The number of rotatable bonds is 10. The van der Waals surface area contributed by atoms with Crippen LogP contribution in [0.2, 0.25) is 0 Å². The second-order valence-corrected chi connectivity index (χ2v) is 5.91. The highest BCUT2D eigenvalue weighted by molar-refractivity contribution is 5.78. The molecule has 0 bridgehead atoms. The average molecular weight is 369 g/mol. The molecular formula is C19H28FNO5. The lowest BCUT2D eigenvalue weighted by Crippen LogP contribution is -2.34. The zero-order valence-electron chi connectivity index (χ0n) is 16.1. The smallest absolute Gasteiger partial charge is 0.310 e. The molecule has 146 valence electrons. The Labute approximate surface area is 154 Å². The summed E-state index contributed by atoms with van der Waals surface area (Å²) in [5.41, 5.74) is 0.416. The molecule has 0 unspecified atom stereocenters. The molecule has 1 aromatic carbocycles. The van der Waals surface area contributed by atoms with Crippen LogP contribution in [0.5, 0.6) is 11.5 Å². The van der Waals surface area contributed by atoms with Crippen molar-refractivity contribution in [2.45, 2.75) is 47.1 Å². The maximum absolute atomic E-state index is 14.5. The molecule has 0 radical (unpaired) electrons. The molecule has 26 heavy (non-hydrogen) atoms. The van der Waals surface area contributed by atoms with Gasteiger partial charge in [0.05, 0.1) is 19.1 Å². The van der Waals surface area contributed by atoms with E-state index in [0.29, 0.717) is 25.3 Å². The number of hydrogen-bond donors (Lipinski definition) is 0. The van der Waals surface area contributed by atoms with Gasteiger partial charge in [-0.2, -0.15) is 0 Å². The van der Waals surface area contributed by atoms with E-state index in [1.54, 1.807) is 25.7 Å². The normalized spacial score (nSPS) is 10.6. The summed E-state index contributed by atoms with van der Waals surface area (Å²) in [4.78, 5) is 25.4. The van der Waals surface area contributed by atoms with Gasteiger partial charge >= 0.3 is 5.97 Å². The number of amides is 1. The number of hydrogen-bond acceptors (Lipinski definition) is 5. The summed E-state index contributed by atoms with van der Waals surface area (Å²) in [5, 5.41) is 0. The molecule has 1 rings (SSSR count). The van der Waals surface area contributed by atoms with Gasteiger partial charge in [-0.05, 0) is 52.3 Å². The van der Waals surface area contributed by atoms with E-state index in [1.165, 1.54) is 12.1 Å². The van der Waals surface area contributed by atoms with Gasteiger partial charge in [-0.25, -0.2) is 4.39 Å². The molecular weight excluding hydrogens is 341 g/mol. The third-order valence-corrected chi connectivity index (χ3v) is 3.54. The van der Waals surface area contributed by atoms with E-state index in [2.05, 4.69) is 0 Å². The second kappa shape index (κ2) is 10.6. The van der Waals surface area contributed by atoms with Crippen molar-refractivity contribution < 1.29 is 28.2 Å². The number of carbonyl (C=O) groups excluding carboxylic acids is 2. The van der Waals surface area contributed by atoms with E-state index >= 15 is 0 Å². The Morgan fingerprint density at radius 3 is 2.31 bits per heavy atom. The molecule has 0 saturated heterocycles. The van der Waals surface area contributed by atoms with Crippen LogP contribution in [0.1, 0.15) is 40.2 Å². The summed E-state index contributed by atoms with van der Waals surface area (Å²) < 4.78 is 30.4. The molecule has 0 fully saturated rings. The van der Waals surface area contributed by atoms with Crippen molar-refractivity contribution in [3.05, 3.63) is 23.5 Å². The Hall–Kier alpha value is -2.31. The quantitative estimate of drug-likeness (QED) is 0.593. The van der Waals surface area contributed by atoms with Crippen molar-refractivity contribution in [1.29, 1.82) is 0 Å². The summed E-state index contributed by atoms with van der Waals surface area (Å²) in [5.74, 6) is -1.34. The lowest BCUT2D eigenvalue weighted by atomic mass is 10.1. The van der Waals surface area contributed by atoms with Gasteiger partial charge in [0.15, 0.2) is 23.9 Å². The van der Waals surface area contributed by atoms with Crippen LogP contribution in [-0.4, -0.2) is 49.2 Å². The zero-order valence-corrected chi connectivity index (χ0v) is 16.1. The van der Waals surface area contributed by atoms with Crippen molar-refractivity contribution in [3.8, 4) is 11.5 Å². The molecule has 0 aliphatic heterocycles. The molecule has 0 aromatic heterocycles.